The molecule has 0 bridgehead atoms. The summed E-state index contributed by atoms with van der Waals surface area (Å²) < 4.78 is 38.4. The molecule has 1 fully saturated rings. The van der Waals surface area contributed by atoms with Gasteiger partial charge in [0, 0.05) is 12.6 Å². The zero-order valence-electron chi connectivity index (χ0n) is 8.56. The summed E-state index contributed by atoms with van der Waals surface area (Å²) >= 11 is 0. The molecule has 4 heteroatoms. The first-order valence-corrected chi connectivity index (χ1v) is 4.77. The van der Waals surface area contributed by atoms with E-state index >= 15 is 0 Å². The van der Waals surface area contributed by atoms with Gasteiger partial charge in [-0.3, -0.25) is 0 Å². The highest BCUT2D eigenvalue weighted by Gasteiger charge is 2.26. The highest BCUT2D eigenvalue weighted by Crippen LogP contribution is 2.22. The van der Waals surface area contributed by atoms with E-state index in [9.17, 15) is 13.2 Å². The van der Waals surface area contributed by atoms with Crippen LogP contribution in [0, 0.1) is 0 Å². The van der Waals surface area contributed by atoms with Crippen LogP contribution in [0.5, 0.6) is 0 Å². The number of nitrogens with one attached hydrogen (secondary N) is 1. The average Bonchev–Trinajstić information content (AvgIpc) is 2.60. The molecule has 0 amide bonds. The number of allylic oxidation sites excluding steroid dienone is 3. The predicted octanol–water partition coefficient (Wildman–Crippen LogP) is 2.97. The van der Waals surface area contributed by atoms with Crippen LogP contribution in [0.25, 0.3) is 0 Å². The van der Waals surface area contributed by atoms with Crippen molar-refractivity contribution in [2.24, 2.45) is 0 Å². The molecule has 0 aliphatic carbocycles. The lowest BCUT2D eigenvalue weighted by Crippen LogP contribution is -2.23. The van der Waals surface area contributed by atoms with Crippen LogP contribution in [0.3, 0.4) is 0 Å². The van der Waals surface area contributed by atoms with Gasteiger partial charge in [-0.25, -0.2) is 13.2 Å². The van der Waals surface area contributed by atoms with Crippen molar-refractivity contribution in [2.45, 2.75) is 25.6 Å². The van der Waals surface area contributed by atoms with Crippen LogP contribution in [0.15, 0.2) is 36.0 Å². The van der Waals surface area contributed by atoms with Crippen molar-refractivity contribution in [1.82, 2.24) is 5.32 Å². The molecule has 0 aromatic heterocycles. The van der Waals surface area contributed by atoms with Gasteiger partial charge in [0.25, 0.3) is 0 Å². The van der Waals surface area contributed by atoms with Crippen molar-refractivity contribution in [3.05, 3.63) is 36.0 Å². The van der Waals surface area contributed by atoms with E-state index in [0.29, 0.717) is 0 Å². The Bertz CT molecular complexity index is 303. The molecule has 1 saturated heterocycles. The first-order chi connectivity index (χ1) is 7.00. The maximum absolute atomic E-state index is 13.3. The third kappa shape index (κ3) is 3.55. The minimum absolute atomic E-state index is 0.174. The third-order valence-electron chi connectivity index (χ3n) is 2.26. The Kier molecular flexibility index (Phi) is 4.15. The first-order valence-electron chi connectivity index (χ1n) is 4.77. The molecule has 2 atom stereocenters. The van der Waals surface area contributed by atoms with E-state index < -0.39 is 17.8 Å². The van der Waals surface area contributed by atoms with Crippen molar-refractivity contribution in [2.75, 3.05) is 6.54 Å². The fraction of sp³-hybridized carbons (Fsp3) is 0.455. The Labute approximate surface area is 87.4 Å². The van der Waals surface area contributed by atoms with Crippen LogP contribution in [0.1, 0.15) is 13.3 Å². The molecule has 1 N–H and O–H groups in total. The van der Waals surface area contributed by atoms with Gasteiger partial charge < -0.3 is 5.32 Å². The molecule has 0 radical (unpaired) electrons. The van der Waals surface area contributed by atoms with Gasteiger partial charge in [-0.2, -0.15) is 0 Å². The summed E-state index contributed by atoms with van der Waals surface area (Å²) in [5.74, 6) is -1.10. The van der Waals surface area contributed by atoms with Gasteiger partial charge in [-0.15, -0.1) is 0 Å². The zero-order chi connectivity index (χ0) is 11.4. The van der Waals surface area contributed by atoms with E-state index in [1.165, 1.54) is 6.92 Å². The molecule has 15 heavy (non-hydrogen) atoms. The first kappa shape index (κ1) is 12.0. The van der Waals surface area contributed by atoms with Crippen molar-refractivity contribution in [3.8, 4) is 0 Å². The van der Waals surface area contributed by atoms with Crippen LogP contribution in [-0.4, -0.2) is 18.8 Å². The van der Waals surface area contributed by atoms with E-state index in [0.717, 1.165) is 12.2 Å². The normalized spacial score (nSPS) is 28.3. The molecular formula is C11H14F3N. The Balaban J connectivity index is 2.60. The highest BCUT2D eigenvalue weighted by atomic mass is 19.1. The largest absolute Gasteiger partial charge is 0.307 e. The number of halogens is 3. The molecule has 1 heterocycles. The summed E-state index contributed by atoms with van der Waals surface area (Å²) in [5, 5.41) is 2.80. The molecule has 0 unspecified atom stereocenters. The zero-order valence-corrected chi connectivity index (χ0v) is 8.56. The topological polar surface area (TPSA) is 12.0 Å². The fourth-order valence-corrected chi connectivity index (χ4v) is 1.42. The van der Waals surface area contributed by atoms with Gasteiger partial charge in [0.1, 0.15) is 12.0 Å². The van der Waals surface area contributed by atoms with Gasteiger partial charge >= 0.3 is 0 Å². The van der Waals surface area contributed by atoms with E-state index in [1.807, 2.05) is 0 Å². The monoisotopic (exact) mass is 217 g/mol. The minimum atomic E-state index is -0.960. The Morgan fingerprint density at radius 2 is 2.07 bits per heavy atom. The van der Waals surface area contributed by atoms with Crippen LogP contribution in [0.4, 0.5) is 13.2 Å². The number of hydrogen-bond acceptors (Lipinski definition) is 1. The minimum Gasteiger partial charge on any atom is -0.307 e. The summed E-state index contributed by atoms with van der Waals surface area (Å²) in [7, 11) is 0. The number of alkyl halides is 1. The molecule has 84 valence electrons. The van der Waals surface area contributed by atoms with Crippen LogP contribution >= 0.6 is 0 Å². The van der Waals surface area contributed by atoms with E-state index in [2.05, 4.69) is 11.9 Å². The molecule has 0 saturated carbocycles. The Hall–Kier alpha value is -1.03. The summed E-state index contributed by atoms with van der Waals surface area (Å²) in [5.41, 5.74) is 0.174. The van der Waals surface area contributed by atoms with E-state index in [-0.39, 0.29) is 24.6 Å². The SMILES string of the molecule is C=C(/C(F)=C\C=C(/C)F)[C@H]1C[C@H](F)CN1. The molecule has 0 aromatic carbocycles. The smallest absolute Gasteiger partial charge is 0.127 e. The molecule has 1 rings (SSSR count). The van der Waals surface area contributed by atoms with Gasteiger partial charge in [0.2, 0.25) is 0 Å². The quantitative estimate of drug-likeness (QED) is 0.716. The van der Waals surface area contributed by atoms with Gasteiger partial charge in [0.15, 0.2) is 0 Å². The molecule has 0 spiro atoms. The lowest BCUT2D eigenvalue weighted by molar-refractivity contribution is 0.357. The molecule has 1 nitrogen and oxygen atoms in total. The van der Waals surface area contributed by atoms with E-state index in [4.69, 9.17) is 0 Å². The van der Waals surface area contributed by atoms with Gasteiger partial charge in [-0.05, 0) is 31.1 Å². The number of hydrogen-bond donors (Lipinski definition) is 1. The summed E-state index contributed by atoms with van der Waals surface area (Å²) in [4.78, 5) is 0. The highest BCUT2D eigenvalue weighted by molar-refractivity contribution is 5.31. The third-order valence-corrected chi connectivity index (χ3v) is 2.26. The van der Waals surface area contributed by atoms with Crippen LogP contribution < -0.4 is 5.32 Å². The van der Waals surface area contributed by atoms with E-state index in [1.54, 1.807) is 0 Å². The van der Waals surface area contributed by atoms with Gasteiger partial charge in [0.05, 0.1) is 5.83 Å². The number of rotatable bonds is 3. The standard InChI is InChI=1S/C11H14F3N/c1-7(12)3-4-10(14)8(2)11-5-9(13)6-15-11/h3-4,9,11,15H,2,5-6H2,1H3/b7-3+,10-4+/t9-,11+/m0/s1. The van der Waals surface area contributed by atoms with Crippen molar-refractivity contribution in [1.29, 1.82) is 0 Å². The Morgan fingerprint density at radius 3 is 2.53 bits per heavy atom. The van der Waals surface area contributed by atoms with Crippen molar-refractivity contribution < 1.29 is 13.2 Å². The molecule has 0 aromatic rings. The maximum Gasteiger partial charge on any atom is 0.127 e. The van der Waals surface area contributed by atoms with Crippen molar-refractivity contribution in [3.63, 3.8) is 0 Å². The predicted molar refractivity (Wildman–Crippen MR) is 54.5 cm³/mol. The molecular weight excluding hydrogens is 203 g/mol. The Morgan fingerprint density at radius 1 is 1.40 bits per heavy atom. The lowest BCUT2D eigenvalue weighted by Gasteiger charge is -2.10. The van der Waals surface area contributed by atoms with Crippen molar-refractivity contribution >= 4 is 0 Å². The fourth-order valence-electron chi connectivity index (χ4n) is 1.42. The lowest BCUT2D eigenvalue weighted by atomic mass is 10.1. The van der Waals surface area contributed by atoms with Crippen LogP contribution in [0.2, 0.25) is 0 Å². The van der Waals surface area contributed by atoms with Gasteiger partial charge in [-0.1, -0.05) is 6.58 Å². The maximum atomic E-state index is 13.3. The second-order valence-corrected chi connectivity index (χ2v) is 3.59. The summed E-state index contributed by atoms with van der Waals surface area (Å²) in [6, 6.07) is -0.385. The second kappa shape index (κ2) is 5.16. The summed E-state index contributed by atoms with van der Waals surface area (Å²) in [6.45, 7) is 4.96. The second-order valence-electron chi connectivity index (χ2n) is 3.59. The van der Waals surface area contributed by atoms with Crippen LogP contribution in [-0.2, 0) is 0 Å². The summed E-state index contributed by atoms with van der Waals surface area (Å²) in [6.07, 6.45) is 1.28. The molecule has 1 aliphatic rings. The molecule has 1 aliphatic heterocycles. The average molecular weight is 217 g/mol.